The van der Waals surface area contributed by atoms with Crippen LogP contribution in [0.2, 0.25) is 0 Å². The number of sulfonamides is 1. The number of carbonyl (C=O) groups excluding carboxylic acids is 1. The average Bonchev–Trinajstić information content (AvgIpc) is 2.87. The van der Waals surface area contributed by atoms with Crippen LogP contribution < -0.4 is 10.2 Å². The lowest BCUT2D eigenvalue weighted by Gasteiger charge is -2.32. The van der Waals surface area contributed by atoms with E-state index in [0.717, 1.165) is 25.7 Å². The molecule has 8 nitrogen and oxygen atoms in total. The van der Waals surface area contributed by atoms with Crippen molar-refractivity contribution in [2.75, 3.05) is 13.2 Å². The fraction of sp³-hybridized carbons (Fsp3) is 0.684. The van der Waals surface area contributed by atoms with Crippen LogP contribution in [0.5, 0.6) is 0 Å². The molecule has 0 spiro atoms. The Morgan fingerprint density at radius 3 is 2.41 bits per heavy atom. The molecule has 0 aromatic carbocycles. The second-order valence-corrected chi connectivity index (χ2v) is 9.91. The minimum atomic E-state index is -3.93. The summed E-state index contributed by atoms with van der Waals surface area (Å²) in [6, 6.07) is 1.44. The largest absolute Gasteiger partial charge is 0.496 e. The SMILES string of the molecule is CCCCCCOC(=O)CNS(=O)(=O)c1cncc(B2OC(C)(C)C(C)(C)O2)c1. The van der Waals surface area contributed by atoms with Gasteiger partial charge in [-0.25, -0.2) is 8.42 Å². The molecular weight excluding hydrogens is 395 g/mol. The Labute approximate surface area is 173 Å². The minimum absolute atomic E-state index is 0.0690. The zero-order valence-electron chi connectivity index (χ0n) is 17.9. The van der Waals surface area contributed by atoms with Crippen molar-refractivity contribution < 1.29 is 27.3 Å². The Bertz CT molecular complexity index is 797. The summed E-state index contributed by atoms with van der Waals surface area (Å²) in [5, 5.41) is 0. The van der Waals surface area contributed by atoms with E-state index in [2.05, 4.69) is 16.6 Å². The molecule has 10 heteroatoms. The van der Waals surface area contributed by atoms with Gasteiger partial charge in [-0.05, 0) is 40.2 Å². The van der Waals surface area contributed by atoms with Crippen LogP contribution >= 0.6 is 0 Å². The van der Waals surface area contributed by atoms with E-state index in [1.54, 1.807) is 0 Å². The van der Waals surface area contributed by atoms with Crippen LogP contribution in [0.1, 0.15) is 60.3 Å². The molecule has 1 aromatic heterocycles. The van der Waals surface area contributed by atoms with E-state index in [1.807, 2.05) is 27.7 Å². The number of nitrogens with zero attached hydrogens (tertiary/aromatic N) is 1. The Morgan fingerprint density at radius 1 is 1.14 bits per heavy atom. The third kappa shape index (κ3) is 6.24. The number of rotatable bonds is 10. The van der Waals surface area contributed by atoms with Crippen molar-refractivity contribution in [1.82, 2.24) is 9.71 Å². The first-order valence-electron chi connectivity index (χ1n) is 9.94. The van der Waals surface area contributed by atoms with Crippen molar-refractivity contribution in [3.05, 3.63) is 18.5 Å². The molecule has 0 bridgehead atoms. The molecule has 0 amide bonds. The summed E-state index contributed by atoms with van der Waals surface area (Å²) in [4.78, 5) is 15.7. The summed E-state index contributed by atoms with van der Waals surface area (Å²) in [5.41, 5.74) is -0.609. The van der Waals surface area contributed by atoms with Crippen LogP contribution in [0.15, 0.2) is 23.4 Å². The van der Waals surface area contributed by atoms with Gasteiger partial charge in [-0.1, -0.05) is 26.2 Å². The smallest absolute Gasteiger partial charge is 0.465 e. The normalized spacial score (nSPS) is 18.0. The zero-order chi connectivity index (χ0) is 21.7. The summed E-state index contributed by atoms with van der Waals surface area (Å²) in [6.07, 6.45) is 6.64. The molecular formula is C19H31BN2O6S. The van der Waals surface area contributed by atoms with Crippen LogP contribution in [0.3, 0.4) is 0 Å². The standard InChI is InChI=1S/C19H31BN2O6S/c1-6-7-8-9-10-26-17(23)14-22-29(24,25)16-11-15(12-21-13-16)20-27-18(2,3)19(4,5)28-20/h11-13,22H,6-10,14H2,1-5H3. The van der Waals surface area contributed by atoms with E-state index in [4.69, 9.17) is 14.0 Å². The number of hydrogen-bond donors (Lipinski definition) is 1. The van der Waals surface area contributed by atoms with Crippen LogP contribution in [0.4, 0.5) is 0 Å². The summed E-state index contributed by atoms with van der Waals surface area (Å²) in [6.45, 7) is 9.60. The quantitative estimate of drug-likeness (QED) is 0.346. The van der Waals surface area contributed by atoms with Gasteiger partial charge in [-0.2, -0.15) is 4.72 Å². The molecule has 162 valence electrons. The fourth-order valence-electron chi connectivity index (χ4n) is 2.69. The van der Waals surface area contributed by atoms with Crippen molar-refractivity contribution in [3.8, 4) is 0 Å². The van der Waals surface area contributed by atoms with Gasteiger partial charge < -0.3 is 14.0 Å². The molecule has 1 aliphatic heterocycles. The Morgan fingerprint density at radius 2 is 1.79 bits per heavy atom. The molecule has 0 unspecified atom stereocenters. The maximum Gasteiger partial charge on any atom is 0.496 e. The van der Waals surface area contributed by atoms with E-state index in [9.17, 15) is 13.2 Å². The summed E-state index contributed by atoms with van der Waals surface area (Å²) in [5.74, 6) is -0.611. The lowest BCUT2D eigenvalue weighted by atomic mass is 9.80. The van der Waals surface area contributed by atoms with Crippen molar-refractivity contribution >= 4 is 28.6 Å². The molecule has 1 aromatic rings. The topological polar surface area (TPSA) is 104 Å². The summed E-state index contributed by atoms with van der Waals surface area (Å²) >= 11 is 0. The van der Waals surface area contributed by atoms with E-state index >= 15 is 0 Å². The zero-order valence-corrected chi connectivity index (χ0v) is 18.7. The van der Waals surface area contributed by atoms with Crippen molar-refractivity contribution in [1.29, 1.82) is 0 Å². The molecule has 1 saturated heterocycles. The molecule has 1 N–H and O–H groups in total. The Hall–Kier alpha value is -1.49. The highest BCUT2D eigenvalue weighted by atomic mass is 32.2. The summed E-state index contributed by atoms with van der Waals surface area (Å²) in [7, 11) is -4.65. The Balaban J connectivity index is 1.96. The second kappa shape index (κ2) is 9.55. The first kappa shape index (κ1) is 23.8. The lowest BCUT2D eigenvalue weighted by molar-refractivity contribution is -0.142. The Kier molecular flexibility index (Phi) is 7.83. The van der Waals surface area contributed by atoms with E-state index in [-0.39, 0.29) is 4.90 Å². The maximum atomic E-state index is 12.5. The van der Waals surface area contributed by atoms with Crippen molar-refractivity contribution in [2.24, 2.45) is 0 Å². The summed E-state index contributed by atoms with van der Waals surface area (Å²) < 4.78 is 44.2. The number of aromatic nitrogens is 1. The van der Waals surface area contributed by atoms with E-state index < -0.39 is 40.9 Å². The highest BCUT2D eigenvalue weighted by molar-refractivity contribution is 7.89. The number of pyridine rings is 1. The van der Waals surface area contributed by atoms with Gasteiger partial charge in [0, 0.05) is 17.9 Å². The van der Waals surface area contributed by atoms with Gasteiger partial charge in [0.05, 0.1) is 22.7 Å². The maximum absolute atomic E-state index is 12.5. The van der Waals surface area contributed by atoms with Gasteiger partial charge in [0.25, 0.3) is 0 Å². The van der Waals surface area contributed by atoms with E-state index in [0.29, 0.717) is 12.1 Å². The van der Waals surface area contributed by atoms with Gasteiger partial charge in [-0.3, -0.25) is 9.78 Å². The third-order valence-corrected chi connectivity index (χ3v) is 6.61. The average molecular weight is 426 g/mol. The predicted octanol–water partition coefficient (Wildman–Crippen LogP) is 1.78. The minimum Gasteiger partial charge on any atom is -0.465 e. The molecule has 29 heavy (non-hydrogen) atoms. The number of hydrogen-bond acceptors (Lipinski definition) is 7. The molecule has 0 aliphatic carbocycles. The monoisotopic (exact) mass is 426 g/mol. The first-order valence-corrected chi connectivity index (χ1v) is 11.4. The second-order valence-electron chi connectivity index (χ2n) is 8.15. The molecule has 0 radical (unpaired) electrons. The highest BCUT2D eigenvalue weighted by Gasteiger charge is 2.51. The molecule has 2 rings (SSSR count). The third-order valence-electron chi connectivity index (χ3n) is 5.24. The van der Waals surface area contributed by atoms with Crippen LogP contribution in [0, 0.1) is 0 Å². The number of nitrogens with one attached hydrogen (secondary N) is 1. The predicted molar refractivity (Wildman–Crippen MR) is 110 cm³/mol. The first-order chi connectivity index (χ1) is 13.5. The van der Waals surface area contributed by atoms with Crippen LogP contribution in [-0.2, 0) is 28.9 Å². The number of esters is 1. The number of ether oxygens (including phenoxy) is 1. The number of carbonyl (C=O) groups is 1. The van der Waals surface area contributed by atoms with Crippen molar-refractivity contribution in [2.45, 2.75) is 76.4 Å². The highest BCUT2D eigenvalue weighted by Crippen LogP contribution is 2.36. The van der Waals surface area contributed by atoms with Gasteiger partial charge in [-0.15, -0.1) is 0 Å². The van der Waals surface area contributed by atoms with Gasteiger partial charge in [0.1, 0.15) is 6.54 Å². The number of unbranched alkanes of at least 4 members (excludes halogenated alkanes) is 3. The van der Waals surface area contributed by atoms with Crippen LogP contribution in [-0.4, -0.2) is 50.8 Å². The molecule has 2 heterocycles. The van der Waals surface area contributed by atoms with Gasteiger partial charge in [0.15, 0.2) is 0 Å². The van der Waals surface area contributed by atoms with Crippen LogP contribution in [0.25, 0.3) is 0 Å². The molecule has 0 saturated carbocycles. The molecule has 1 aliphatic rings. The van der Waals surface area contributed by atoms with Gasteiger partial charge >= 0.3 is 13.1 Å². The lowest BCUT2D eigenvalue weighted by Crippen LogP contribution is -2.41. The van der Waals surface area contributed by atoms with Crippen molar-refractivity contribution in [3.63, 3.8) is 0 Å². The van der Waals surface area contributed by atoms with E-state index in [1.165, 1.54) is 18.5 Å². The molecule has 1 fully saturated rings. The fourth-order valence-corrected chi connectivity index (χ4v) is 3.66. The van der Waals surface area contributed by atoms with Gasteiger partial charge in [0.2, 0.25) is 10.0 Å². The molecule has 0 atom stereocenters.